The summed E-state index contributed by atoms with van der Waals surface area (Å²) >= 11 is 0. The summed E-state index contributed by atoms with van der Waals surface area (Å²) in [5, 5.41) is 17.8. The second-order valence-corrected chi connectivity index (χ2v) is 26.4. The Morgan fingerprint density at radius 1 is 0.456 bits per heavy atom. The number of aliphatic hydroxyl groups is 1. The van der Waals surface area contributed by atoms with Gasteiger partial charge in [-0.15, -0.1) is 0 Å². The highest BCUT2D eigenvalue weighted by molar-refractivity contribution is 7.00. The summed E-state index contributed by atoms with van der Waals surface area (Å²) in [6.45, 7) is 15.5. The first-order valence-corrected chi connectivity index (χ1v) is 24.3. The van der Waals surface area contributed by atoms with Crippen LogP contribution in [0.25, 0.3) is 0 Å². The van der Waals surface area contributed by atoms with Crippen molar-refractivity contribution in [3.8, 4) is 0 Å². The molecule has 7 rings (SSSR count). The van der Waals surface area contributed by atoms with E-state index < -0.39 is 22.2 Å². The summed E-state index contributed by atoms with van der Waals surface area (Å²) in [6, 6.07) is 64.0. The molecule has 1 fully saturated rings. The van der Waals surface area contributed by atoms with Crippen molar-refractivity contribution >= 4 is 37.4 Å². The lowest BCUT2D eigenvalue weighted by Gasteiger charge is -2.54. The zero-order valence-corrected chi connectivity index (χ0v) is 36.5. The van der Waals surface area contributed by atoms with Gasteiger partial charge in [0.05, 0.1) is 13.2 Å². The maximum absolute atomic E-state index is 13.0. The summed E-state index contributed by atoms with van der Waals surface area (Å²) in [5.41, 5.74) is 0.497. The van der Waals surface area contributed by atoms with Gasteiger partial charge in [0.25, 0.3) is 16.6 Å². The Bertz CT molecular complexity index is 1910. The fourth-order valence-electron chi connectivity index (χ4n) is 9.34. The SMILES string of the molecule is CC(C)(C)[Si](OC[C@@H]1C[C@@H](CO[Si](c2ccccc2)(c2ccccc2)C(C)(C)C)N1CC(O)(c1ccccc1)c1ccccc1)(c1ccccc1)c1ccccc1. The van der Waals surface area contributed by atoms with Gasteiger partial charge in [-0.1, -0.05) is 224 Å². The van der Waals surface area contributed by atoms with Crippen LogP contribution in [0, 0.1) is 0 Å². The van der Waals surface area contributed by atoms with Crippen molar-refractivity contribution in [1.29, 1.82) is 0 Å². The van der Waals surface area contributed by atoms with Gasteiger partial charge in [0.15, 0.2) is 0 Å². The zero-order valence-electron chi connectivity index (χ0n) is 34.5. The Labute approximate surface area is 343 Å². The summed E-state index contributed by atoms with van der Waals surface area (Å²) in [5.74, 6) is 0. The molecule has 0 saturated carbocycles. The van der Waals surface area contributed by atoms with Crippen LogP contribution in [0.4, 0.5) is 0 Å². The van der Waals surface area contributed by atoms with Gasteiger partial charge in [-0.05, 0) is 48.4 Å². The van der Waals surface area contributed by atoms with Crippen LogP contribution < -0.4 is 20.7 Å². The average Bonchev–Trinajstić information content (AvgIpc) is 3.23. The molecule has 4 nitrogen and oxygen atoms in total. The van der Waals surface area contributed by atoms with Gasteiger partial charge in [-0.25, -0.2) is 0 Å². The highest BCUT2D eigenvalue weighted by atomic mass is 28.4. The highest BCUT2D eigenvalue weighted by Crippen LogP contribution is 2.42. The van der Waals surface area contributed by atoms with E-state index in [9.17, 15) is 5.11 Å². The Hall–Kier alpha value is -4.41. The molecule has 0 aromatic heterocycles. The van der Waals surface area contributed by atoms with E-state index in [0.29, 0.717) is 19.8 Å². The lowest BCUT2D eigenvalue weighted by atomic mass is 9.82. The third kappa shape index (κ3) is 7.92. The molecule has 1 saturated heterocycles. The number of nitrogens with zero attached hydrogens (tertiary/aromatic N) is 1. The lowest BCUT2D eigenvalue weighted by molar-refractivity contribution is -0.0810. The van der Waals surface area contributed by atoms with Crippen molar-refractivity contribution in [2.45, 2.75) is 75.7 Å². The Morgan fingerprint density at radius 2 is 0.719 bits per heavy atom. The highest BCUT2D eigenvalue weighted by Gasteiger charge is 2.54. The number of benzene rings is 6. The Kier molecular flexibility index (Phi) is 12.0. The molecule has 57 heavy (non-hydrogen) atoms. The van der Waals surface area contributed by atoms with Crippen molar-refractivity contribution in [3.63, 3.8) is 0 Å². The van der Waals surface area contributed by atoms with Gasteiger partial charge < -0.3 is 14.0 Å². The number of β-amino-alcohol motifs (C(OH)–C–C–N with tert-alkyl or cyclic N) is 1. The van der Waals surface area contributed by atoms with E-state index in [0.717, 1.165) is 17.5 Å². The molecule has 0 unspecified atom stereocenters. The third-order valence-corrected chi connectivity index (χ3v) is 22.2. The predicted octanol–water partition coefficient (Wildman–Crippen LogP) is 8.52. The molecule has 6 aromatic carbocycles. The molecule has 0 spiro atoms. The number of hydrogen-bond donors (Lipinski definition) is 1. The van der Waals surface area contributed by atoms with Crippen molar-refractivity contribution in [1.82, 2.24) is 4.90 Å². The topological polar surface area (TPSA) is 41.9 Å². The molecule has 1 aliphatic heterocycles. The number of rotatable bonds is 14. The van der Waals surface area contributed by atoms with E-state index in [1.807, 2.05) is 36.4 Å². The summed E-state index contributed by atoms with van der Waals surface area (Å²) < 4.78 is 15.2. The summed E-state index contributed by atoms with van der Waals surface area (Å²) in [7, 11) is -5.62. The van der Waals surface area contributed by atoms with Crippen molar-refractivity contribution < 1.29 is 14.0 Å². The summed E-state index contributed by atoms with van der Waals surface area (Å²) in [6.07, 6.45) is 0.899. The molecule has 0 radical (unpaired) electrons. The van der Waals surface area contributed by atoms with Crippen LogP contribution in [-0.2, 0) is 14.5 Å². The van der Waals surface area contributed by atoms with Gasteiger partial charge in [0, 0.05) is 18.6 Å². The molecule has 1 aliphatic rings. The van der Waals surface area contributed by atoms with Crippen LogP contribution >= 0.6 is 0 Å². The third-order valence-electron chi connectivity index (χ3n) is 12.2. The zero-order chi connectivity index (χ0) is 40.2. The van der Waals surface area contributed by atoms with Crippen molar-refractivity contribution in [2.75, 3.05) is 19.8 Å². The van der Waals surface area contributed by atoms with E-state index in [4.69, 9.17) is 8.85 Å². The minimum Gasteiger partial charge on any atom is -0.406 e. The van der Waals surface area contributed by atoms with Gasteiger partial charge in [-0.2, -0.15) is 0 Å². The normalized spacial score (nSPS) is 16.9. The maximum Gasteiger partial charge on any atom is 0.261 e. The minimum atomic E-state index is -2.81. The first-order chi connectivity index (χ1) is 27.4. The molecule has 0 aliphatic carbocycles. The van der Waals surface area contributed by atoms with Gasteiger partial charge in [-0.3, -0.25) is 4.90 Å². The Balaban J connectivity index is 1.29. The van der Waals surface area contributed by atoms with Gasteiger partial charge >= 0.3 is 0 Å². The van der Waals surface area contributed by atoms with E-state index in [1.54, 1.807) is 0 Å². The fraction of sp³-hybridized carbons (Fsp3) is 0.294. The summed E-state index contributed by atoms with van der Waals surface area (Å²) in [4.78, 5) is 2.50. The predicted molar refractivity (Wildman–Crippen MR) is 242 cm³/mol. The maximum atomic E-state index is 13.0. The van der Waals surface area contributed by atoms with Crippen LogP contribution in [-0.4, -0.2) is 58.5 Å². The van der Waals surface area contributed by atoms with Crippen molar-refractivity contribution in [3.05, 3.63) is 193 Å². The molecule has 2 atom stereocenters. The second-order valence-electron chi connectivity index (χ2n) is 17.8. The molecule has 0 amide bonds. The van der Waals surface area contributed by atoms with E-state index >= 15 is 0 Å². The first-order valence-electron chi connectivity index (χ1n) is 20.5. The first kappa shape index (κ1) is 40.8. The molecule has 6 aromatic rings. The molecule has 1 N–H and O–H groups in total. The number of hydrogen-bond acceptors (Lipinski definition) is 4. The van der Waals surface area contributed by atoms with Crippen LogP contribution in [0.5, 0.6) is 0 Å². The smallest absolute Gasteiger partial charge is 0.261 e. The lowest BCUT2D eigenvalue weighted by Crippen LogP contribution is -2.71. The molecular weight excluding hydrogens is 731 g/mol. The van der Waals surface area contributed by atoms with Crippen LogP contribution in [0.1, 0.15) is 59.1 Å². The van der Waals surface area contributed by atoms with Crippen LogP contribution in [0.2, 0.25) is 10.1 Å². The average molecular weight is 790 g/mol. The van der Waals surface area contributed by atoms with Gasteiger partial charge in [0.1, 0.15) is 5.60 Å². The Morgan fingerprint density at radius 3 is 0.982 bits per heavy atom. The fourth-order valence-corrected chi connectivity index (χ4v) is 18.5. The standard InChI is InChI=1S/C51H59NO3Si2/c1-49(2,3)56(45-29-17-9-18-30-45,46-31-19-10-20-32-46)54-38-43-37-44(52(43)40-51(53,41-25-13-7-14-26-41)42-27-15-8-16-28-42)39-55-57(50(4,5)6,47-33-21-11-22-34-47)48-35-23-12-24-36-48/h7-36,43-44,53H,37-40H2,1-6H3/t43-,44-/m0/s1. The van der Waals surface area contributed by atoms with E-state index in [-0.39, 0.29) is 22.2 Å². The monoisotopic (exact) mass is 789 g/mol. The number of likely N-dealkylation sites (tertiary alicyclic amines) is 1. The van der Waals surface area contributed by atoms with Crippen LogP contribution in [0.15, 0.2) is 182 Å². The molecular formula is C51H59NO3Si2. The van der Waals surface area contributed by atoms with E-state index in [2.05, 4.69) is 192 Å². The van der Waals surface area contributed by atoms with Crippen LogP contribution in [0.3, 0.4) is 0 Å². The van der Waals surface area contributed by atoms with Gasteiger partial charge in [0.2, 0.25) is 0 Å². The quantitative estimate of drug-likeness (QED) is 0.113. The molecule has 6 heteroatoms. The van der Waals surface area contributed by atoms with Crippen molar-refractivity contribution in [2.24, 2.45) is 0 Å². The van der Waals surface area contributed by atoms with E-state index in [1.165, 1.54) is 20.7 Å². The minimum absolute atomic E-state index is 0.0679. The molecule has 0 bridgehead atoms. The second kappa shape index (κ2) is 16.8. The molecule has 1 heterocycles. The molecule has 294 valence electrons. The largest absolute Gasteiger partial charge is 0.406 e.